The highest BCUT2D eigenvalue weighted by Gasteiger charge is 2.21. The molecule has 2 heterocycles. The second-order valence-corrected chi connectivity index (χ2v) is 6.06. The fourth-order valence-corrected chi connectivity index (χ4v) is 3.05. The summed E-state index contributed by atoms with van der Waals surface area (Å²) >= 11 is 6.18. The van der Waals surface area contributed by atoms with Gasteiger partial charge in [0.2, 0.25) is 0 Å². The Morgan fingerprint density at radius 1 is 1.43 bits per heavy atom. The van der Waals surface area contributed by atoms with Crippen molar-refractivity contribution in [2.75, 3.05) is 26.2 Å². The van der Waals surface area contributed by atoms with Crippen LogP contribution in [0.3, 0.4) is 0 Å². The van der Waals surface area contributed by atoms with Gasteiger partial charge in [-0.3, -0.25) is 4.79 Å². The van der Waals surface area contributed by atoms with Crippen molar-refractivity contribution in [3.63, 3.8) is 0 Å². The van der Waals surface area contributed by atoms with Gasteiger partial charge in [0.15, 0.2) is 11.3 Å². The summed E-state index contributed by atoms with van der Waals surface area (Å²) < 4.78 is 5.65. The first-order chi connectivity index (χ1) is 11.0. The highest BCUT2D eigenvalue weighted by Crippen LogP contribution is 2.32. The third-order valence-corrected chi connectivity index (χ3v) is 4.24. The SMILES string of the molecule is Cc1cc(Cl)c2oc(C(=O)NCCN3CCNC3=O)c(C)c2c1. The van der Waals surface area contributed by atoms with Gasteiger partial charge < -0.3 is 20.0 Å². The number of fused-ring (bicyclic) bond motifs is 1. The zero-order valence-corrected chi connectivity index (χ0v) is 13.8. The van der Waals surface area contributed by atoms with Crippen LogP contribution >= 0.6 is 11.6 Å². The molecule has 1 fully saturated rings. The van der Waals surface area contributed by atoms with Crippen LogP contribution in [0.15, 0.2) is 16.5 Å². The Balaban J connectivity index is 1.72. The quantitative estimate of drug-likeness (QED) is 0.901. The van der Waals surface area contributed by atoms with Gasteiger partial charge >= 0.3 is 6.03 Å². The van der Waals surface area contributed by atoms with Crippen LogP contribution in [0.2, 0.25) is 5.02 Å². The highest BCUT2D eigenvalue weighted by atomic mass is 35.5. The lowest BCUT2D eigenvalue weighted by Crippen LogP contribution is -2.36. The normalized spacial score (nSPS) is 14.4. The highest BCUT2D eigenvalue weighted by molar-refractivity contribution is 6.35. The molecule has 0 spiro atoms. The van der Waals surface area contributed by atoms with E-state index in [0.29, 0.717) is 36.8 Å². The van der Waals surface area contributed by atoms with Crippen molar-refractivity contribution >= 4 is 34.5 Å². The topological polar surface area (TPSA) is 74.6 Å². The second-order valence-electron chi connectivity index (χ2n) is 5.65. The predicted molar refractivity (Wildman–Crippen MR) is 88.0 cm³/mol. The number of hydrogen-bond acceptors (Lipinski definition) is 3. The Morgan fingerprint density at radius 3 is 2.91 bits per heavy atom. The molecule has 1 aliphatic heterocycles. The minimum Gasteiger partial charge on any atom is -0.449 e. The Kier molecular flexibility index (Phi) is 4.17. The molecule has 7 heteroatoms. The second kappa shape index (κ2) is 6.12. The molecule has 0 unspecified atom stereocenters. The number of aryl methyl sites for hydroxylation is 2. The maximum atomic E-state index is 12.3. The number of rotatable bonds is 4. The molecular weight excluding hydrogens is 318 g/mol. The number of nitrogens with zero attached hydrogens (tertiary/aromatic N) is 1. The van der Waals surface area contributed by atoms with Crippen LogP contribution in [0, 0.1) is 13.8 Å². The molecule has 1 saturated heterocycles. The molecule has 3 amide bonds. The van der Waals surface area contributed by atoms with E-state index in [1.807, 2.05) is 19.9 Å². The summed E-state index contributed by atoms with van der Waals surface area (Å²) in [6.07, 6.45) is 0. The van der Waals surface area contributed by atoms with E-state index in [0.717, 1.165) is 16.5 Å². The van der Waals surface area contributed by atoms with Gasteiger partial charge in [0.25, 0.3) is 5.91 Å². The molecule has 0 bridgehead atoms. The maximum absolute atomic E-state index is 12.3. The van der Waals surface area contributed by atoms with Crippen molar-refractivity contribution in [2.24, 2.45) is 0 Å². The first-order valence-electron chi connectivity index (χ1n) is 7.47. The number of nitrogens with one attached hydrogen (secondary N) is 2. The Bertz CT molecular complexity index is 784. The number of benzene rings is 1. The average Bonchev–Trinajstić information content (AvgIpc) is 3.04. The Hall–Kier alpha value is -2.21. The van der Waals surface area contributed by atoms with Crippen LogP contribution < -0.4 is 10.6 Å². The number of hydrogen-bond donors (Lipinski definition) is 2. The molecule has 1 aliphatic rings. The largest absolute Gasteiger partial charge is 0.449 e. The molecule has 1 aromatic heterocycles. The molecule has 2 aromatic rings. The molecule has 0 radical (unpaired) electrons. The molecular formula is C16H18ClN3O3. The van der Waals surface area contributed by atoms with Gasteiger partial charge in [0.05, 0.1) is 5.02 Å². The Labute approximate surface area is 138 Å². The van der Waals surface area contributed by atoms with Gasteiger partial charge in [-0.1, -0.05) is 11.6 Å². The van der Waals surface area contributed by atoms with E-state index in [1.165, 1.54) is 0 Å². The zero-order chi connectivity index (χ0) is 16.6. The lowest BCUT2D eigenvalue weighted by Gasteiger charge is -2.13. The molecule has 0 saturated carbocycles. The average molecular weight is 336 g/mol. The number of halogens is 1. The molecule has 23 heavy (non-hydrogen) atoms. The van der Waals surface area contributed by atoms with Crippen molar-refractivity contribution in [2.45, 2.75) is 13.8 Å². The van der Waals surface area contributed by atoms with Crippen LogP contribution in [0.5, 0.6) is 0 Å². The van der Waals surface area contributed by atoms with Gasteiger partial charge in [-0.05, 0) is 31.5 Å². The van der Waals surface area contributed by atoms with Crippen LogP contribution in [0.1, 0.15) is 21.7 Å². The van der Waals surface area contributed by atoms with E-state index in [1.54, 1.807) is 11.0 Å². The lowest BCUT2D eigenvalue weighted by atomic mass is 10.1. The van der Waals surface area contributed by atoms with E-state index in [4.69, 9.17) is 16.0 Å². The molecule has 0 atom stereocenters. The lowest BCUT2D eigenvalue weighted by molar-refractivity contribution is 0.0924. The minimum absolute atomic E-state index is 0.0959. The first kappa shape index (κ1) is 15.7. The van der Waals surface area contributed by atoms with Crippen LogP contribution in [-0.4, -0.2) is 43.0 Å². The zero-order valence-electron chi connectivity index (χ0n) is 13.0. The summed E-state index contributed by atoms with van der Waals surface area (Å²) in [5.74, 6) is -0.0367. The molecule has 2 N–H and O–H groups in total. The Morgan fingerprint density at radius 2 is 2.22 bits per heavy atom. The van der Waals surface area contributed by atoms with Crippen molar-refractivity contribution < 1.29 is 14.0 Å². The molecule has 3 rings (SSSR count). The summed E-state index contributed by atoms with van der Waals surface area (Å²) in [6.45, 7) is 5.93. The third-order valence-electron chi connectivity index (χ3n) is 3.96. The number of carbonyl (C=O) groups excluding carboxylic acids is 2. The van der Waals surface area contributed by atoms with Crippen LogP contribution in [0.25, 0.3) is 11.0 Å². The van der Waals surface area contributed by atoms with E-state index in [-0.39, 0.29) is 17.7 Å². The van der Waals surface area contributed by atoms with Crippen molar-refractivity contribution in [3.8, 4) is 0 Å². The summed E-state index contributed by atoms with van der Waals surface area (Å²) in [5, 5.41) is 6.85. The maximum Gasteiger partial charge on any atom is 0.317 e. The molecule has 6 nitrogen and oxygen atoms in total. The summed E-state index contributed by atoms with van der Waals surface area (Å²) in [7, 11) is 0. The standard InChI is InChI=1S/C16H18ClN3O3/c1-9-7-11-10(2)13(23-14(11)12(17)8-9)15(21)18-3-5-20-6-4-19-16(20)22/h7-8H,3-6H2,1-2H3,(H,18,21)(H,19,22). The number of furan rings is 1. The monoisotopic (exact) mass is 335 g/mol. The van der Waals surface area contributed by atoms with E-state index in [9.17, 15) is 9.59 Å². The van der Waals surface area contributed by atoms with Crippen molar-refractivity contribution in [1.29, 1.82) is 0 Å². The van der Waals surface area contributed by atoms with Gasteiger partial charge in [-0.15, -0.1) is 0 Å². The molecule has 0 aliphatic carbocycles. The number of carbonyl (C=O) groups is 2. The van der Waals surface area contributed by atoms with E-state index < -0.39 is 0 Å². The van der Waals surface area contributed by atoms with Crippen molar-refractivity contribution in [1.82, 2.24) is 15.5 Å². The molecule has 122 valence electrons. The number of urea groups is 1. The first-order valence-corrected chi connectivity index (χ1v) is 7.85. The van der Waals surface area contributed by atoms with Gasteiger partial charge in [-0.25, -0.2) is 4.79 Å². The molecule has 1 aromatic carbocycles. The summed E-state index contributed by atoms with van der Waals surface area (Å²) in [6, 6.07) is 3.66. The summed E-state index contributed by atoms with van der Waals surface area (Å²) in [5.41, 5.74) is 2.30. The van der Waals surface area contributed by atoms with Crippen LogP contribution in [0.4, 0.5) is 4.79 Å². The van der Waals surface area contributed by atoms with Crippen molar-refractivity contribution in [3.05, 3.63) is 34.0 Å². The minimum atomic E-state index is -0.299. The summed E-state index contributed by atoms with van der Waals surface area (Å²) in [4.78, 5) is 25.4. The third kappa shape index (κ3) is 2.99. The van der Waals surface area contributed by atoms with Crippen LogP contribution in [-0.2, 0) is 0 Å². The van der Waals surface area contributed by atoms with Gasteiger partial charge in [-0.2, -0.15) is 0 Å². The van der Waals surface area contributed by atoms with Gasteiger partial charge in [0.1, 0.15) is 0 Å². The predicted octanol–water partition coefficient (Wildman–Crippen LogP) is 2.46. The smallest absolute Gasteiger partial charge is 0.317 e. The van der Waals surface area contributed by atoms with E-state index in [2.05, 4.69) is 10.6 Å². The fraction of sp³-hybridized carbons (Fsp3) is 0.375. The fourth-order valence-electron chi connectivity index (χ4n) is 2.74. The van der Waals surface area contributed by atoms with E-state index >= 15 is 0 Å². The number of amides is 3. The van der Waals surface area contributed by atoms with Gasteiger partial charge in [0, 0.05) is 37.1 Å².